The van der Waals surface area contributed by atoms with Gasteiger partial charge in [0.2, 0.25) is 5.88 Å². The number of ether oxygens (including phenoxy) is 3. The Morgan fingerprint density at radius 3 is 2.37 bits per heavy atom. The van der Waals surface area contributed by atoms with Crippen molar-refractivity contribution in [1.29, 1.82) is 0 Å². The van der Waals surface area contributed by atoms with E-state index in [-0.39, 0.29) is 27.7 Å². The Morgan fingerprint density at radius 2 is 1.66 bits per heavy atom. The minimum absolute atomic E-state index is 0.0227. The molecule has 0 atom stereocenters. The van der Waals surface area contributed by atoms with E-state index in [0.29, 0.717) is 23.6 Å². The van der Waals surface area contributed by atoms with E-state index in [1.54, 1.807) is 24.3 Å². The van der Waals surface area contributed by atoms with E-state index < -0.39 is 15.9 Å². The minimum atomic E-state index is -3.98. The normalized spacial score (nSPS) is 10.8. The minimum Gasteiger partial charge on any atom is -0.493 e. The van der Waals surface area contributed by atoms with Gasteiger partial charge in [-0.1, -0.05) is 36.4 Å². The van der Waals surface area contributed by atoms with Crippen molar-refractivity contribution in [2.75, 3.05) is 30.9 Å². The van der Waals surface area contributed by atoms with E-state index in [9.17, 15) is 13.2 Å². The van der Waals surface area contributed by atoms with Gasteiger partial charge in [-0.25, -0.2) is 8.42 Å². The maximum absolute atomic E-state index is 12.8. The largest absolute Gasteiger partial charge is 0.493 e. The first-order chi connectivity index (χ1) is 19.8. The van der Waals surface area contributed by atoms with E-state index in [4.69, 9.17) is 26.4 Å². The number of anilines is 2. The summed E-state index contributed by atoms with van der Waals surface area (Å²) < 4.78 is 43.8. The summed E-state index contributed by atoms with van der Waals surface area (Å²) in [4.78, 5) is 20.6. The number of carbonyl (C=O) groups is 1. The molecule has 11 nitrogen and oxygen atoms in total. The standard InChI is InChI=1S/C28H27N5O6S2/c1-37-25-18-24(30-27(31-25)38-2)33-41(35,36)23-13-11-21(12-14-23)29-28(40)32-26(34)20-9-6-10-22(17-20)39-16-15-19-7-4-3-5-8-19/h3-14,17-18H,15-16H2,1-2H3,(H,30,31,33)(H2,29,32,34,40). The van der Waals surface area contributed by atoms with Gasteiger partial charge in [0.15, 0.2) is 10.9 Å². The van der Waals surface area contributed by atoms with Crippen LogP contribution in [0.25, 0.3) is 0 Å². The zero-order valence-electron chi connectivity index (χ0n) is 22.2. The van der Waals surface area contributed by atoms with Crippen LogP contribution >= 0.6 is 12.2 Å². The molecule has 212 valence electrons. The number of amides is 1. The average Bonchev–Trinajstić information content (AvgIpc) is 2.97. The molecule has 0 aliphatic carbocycles. The fourth-order valence-electron chi connectivity index (χ4n) is 3.56. The van der Waals surface area contributed by atoms with Gasteiger partial charge in [-0.2, -0.15) is 9.97 Å². The topological polar surface area (TPSA) is 141 Å². The Kier molecular flexibility index (Phi) is 9.66. The molecule has 41 heavy (non-hydrogen) atoms. The Labute approximate surface area is 243 Å². The number of thiocarbonyl (C=S) groups is 1. The lowest BCUT2D eigenvalue weighted by atomic mass is 10.2. The molecule has 0 radical (unpaired) electrons. The number of methoxy groups -OCH3 is 2. The summed E-state index contributed by atoms with van der Waals surface area (Å²) in [6.07, 6.45) is 0.742. The lowest BCUT2D eigenvalue weighted by molar-refractivity contribution is 0.0977. The maximum Gasteiger partial charge on any atom is 0.321 e. The molecule has 3 N–H and O–H groups in total. The van der Waals surface area contributed by atoms with Gasteiger partial charge in [-0.15, -0.1) is 0 Å². The predicted molar refractivity (Wildman–Crippen MR) is 158 cm³/mol. The number of hydrogen-bond donors (Lipinski definition) is 3. The lowest BCUT2D eigenvalue weighted by Gasteiger charge is -2.12. The van der Waals surface area contributed by atoms with E-state index in [1.165, 1.54) is 44.6 Å². The second kappa shape index (κ2) is 13.5. The van der Waals surface area contributed by atoms with Crippen molar-refractivity contribution in [3.63, 3.8) is 0 Å². The van der Waals surface area contributed by atoms with Crippen LogP contribution in [0.2, 0.25) is 0 Å². The highest BCUT2D eigenvalue weighted by atomic mass is 32.2. The first kappa shape index (κ1) is 29.2. The van der Waals surface area contributed by atoms with Gasteiger partial charge in [0.1, 0.15) is 5.75 Å². The molecule has 0 unspecified atom stereocenters. The monoisotopic (exact) mass is 593 g/mol. The van der Waals surface area contributed by atoms with Crippen LogP contribution in [0.15, 0.2) is 89.8 Å². The Morgan fingerprint density at radius 1 is 0.902 bits per heavy atom. The number of nitrogens with zero attached hydrogens (tertiary/aromatic N) is 2. The maximum atomic E-state index is 12.8. The van der Waals surface area contributed by atoms with E-state index in [0.717, 1.165) is 12.0 Å². The summed E-state index contributed by atoms with van der Waals surface area (Å²) >= 11 is 5.27. The number of aromatic nitrogens is 2. The summed E-state index contributed by atoms with van der Waals surface area (Å²) in [5, 5.41) is 5.52. The summed E-state index contributed by atoms with van der Waals surface area (Å²) in [5.74, 6) is 0.254. The Balaban J connectivity index is 1.32. The Hall–Kier alpha value is -4.75. The first-order valence-electron chi connectivity index (χ1n) is 12.2. The molecular formula is C28H27N5O6S2. The molecule has 4 rings (SSSR count). The zero-order valence-corrected chi connectivity index (χ0v) is 23.8. The number of hydrogen-bond acceptors (Lipinski definition) is 9. The summed E-state index contributed by atoms with van der Waals surface area (Å²) in [6.45, 7) is 0.470. The highest BCUT2D eigenvalue weighted by Crippen LogP contribution is 2.22. The van der Waals surface area contributed by atoms with Crippen molar-refractivity contribution in [2.24, 2.45) is 0 Å². The van der Waals surface area contributed by atoms with Gasteiger partial charge in [0.05, 0.1) is 25.7 Å². The highest BCUT2D eigenvalue weighted by molar-refractivity contribution is 7.92. The second-order valence-electron chi connectivity index (χ2n) is 8.43. The number of carbonyl (C=O) groups excluding carboxylic acids is 1. The molecule has 0 aliphatic rings. The fraction of sp³-hybridized carbons (Fsp3) is 0.143. The van der Waals surface area contributed by atoms with E-state index in [2.05, 4.69) is 25.3 Å². The van der Waals surface area contributed by atoms with Gasteiger partial charge in [-0.3, -0.25) is 14.8 Å². The van der Waals surface area contributed by atoms with Crippen LogP contribution in [0.1, 0.15) is 15.9 Å². The van der Waals surface area contributed by atoms with Crippen molar-refractivity contribution in [3.05, 3.63) is 96.1 Å². The third-order valence-electron chi connectivity index (χ3n) is 5.56. The third kappa shape index (κ3) is 8.37. The molecule has 1 heterocycles. The van der Waals surface area contributed by atoms with Gasteiger partial charge < -0.3 is 19.5 Å². The van der Waals surface area contributed by atoms with Gasteiger partial charge in [0.25, 0.3) is 15.9 Å². The van der Waals surface area contributed by atoms with Crippen LogP contribution in [0.3, 0.4) is 0 Å². The second-order valence-corrected chi connectivity index (χ2v) is 10.5. The van der Waals surface area contributed by atoms with Crippen molar-refractivity contribution in [2.45, 2.75) is 11.3 Å². The SMILES string of the molecule is COc1cc(NS(=O)(=O)c2ccc(NC(=S)NC(=O)c3cccc(OCCc4ccccc4)c3)cc2)nc(OC)n1. The van der Waals surface area contributed by atoms with Crippen LogP contribution in [-0.2, 0) is 16.4 Å². The zero-order chi connectivity index (χ0) is 29.2. The molecule has 0 aliphatic heterocycles. The van der Waals surface area contributed by atoms with Crippen molar-refractivity contribution in [1.82, 2.24) is 15.3 Å². The Bertz CT molecular complexity index is 1590. The van der Waals surface area contributed by atoms with Crippen molar-refractivity contribution in [3.8, 4) is 17.6 Å². The third-order valence-corrected chi connectivity index (χ3v) is 7.14. The number of sulfonamides is 1. The highest BCUT2D eigenvalue weighted by Gasteiger charge is 2.17. The molecule has 0 saturated heterocycles. The van der Waals surface area contributed by atoms with E-state index >= 15 is 0 Å². The molecule has 0 bridgehead atoms. The summed E-state index contributed by atoms with van der Waals surface area (Å²) in [5.41, 5.74) is 2.00. The quantitative estimate of drug-likeness (QED) is 0.218. The molecule has 1 amide bonds. The number of rotatable bonds is 11. The smallest absolute Gasteiger partial charge is 0.321 e. The van der Waals surface area contributed by atoms with Crippen LogP contribution in [0.4, 0.5) is 11.5 Å². The van der Waals surface area contributed by atoms with Crippen molar-refractivity contribution < 1.29 is 27.4 Å². The molecular weight excluding hydrogens is 566 g/mol. The molecule has 3 aromatic carbocycles. The molecule has 1 aromatic heterocycles. The molecule has 13 heteroatoms. The number of nitrogens with one attached hydrogen (secondary N) is 3. The van der Waals surface area contributed by atoms with Crippen molar-refractivity contribution >= 4 is 44.8 Å². The molecule has 4 aromatic rings. The summed E-state index contributed by atoms with van der Waals surface area (Å²) in [7, 11) is -1.24. The first-order valence-corrected chi connectivity index (χ1v) is 14.1. The van der Waals surface area contributed by atoms with Crippen LogP contribution < -0.4 is 29.6 Å². The molecule has 0 spiro atoms. The number of benzene rings is 3. The lowest BCUT2D eigenvalue weighted by Crippen LogP contribution is -2.34. The summed E-state index contributed by atoms with van der Waals surface area (Å²) in [6, 6.07) is 23.8. The predicted octanol–water partition coefficient (Wildman–Crippen LogP) is 4.04. The van der Waals surface area contributed by atoms with Gasteiger partial charge >= 0.3 is 6.01 Å². The van der Waals surface area contributed by atoms with Crippen LogP contribution in [0, 0.1) is 0 Å². The van der Waals surface area contributed by atoms with Crippen LogP contribution in [-0.4, -0.2) is 50.2 Å². The molecule has 0 fully saturated rings. The van der Waals surface area contributed by atoms with Crippen LogP contribution in [0.5, 0.6) is 17.6 Å². The van der Waals surface area contributed by atoms with Gasteiger partial charge in [0, 0.05) is 23.7 Å². The van der Waals surface area contributed by atoms with E-state index in [1.807, 2.05) is 30.3 Å². The average molecular weight is 594 g/mol. The fourth-order valence-corrected chi connectivity index (χ4v) is 4.76. The van der Waals surface area contributed by atoms with Gasteiger partial charge in [-0.05, 0) is 60.2 Å². The molecule has 0 saturated carbocycles.